The normalized spacial score (nSPS) is 24.2. The predicted molar refractivity (Wildman–Crippen MR) is 71.2 cm³/mol. The van der Waals surface area contributed by atoms with Crippen LogP contribution in [0.25, 0.3) is 0 Å². The second-order valence-corrected chi connectivity index (χ2v) is 5.41. The van der Waals surface area contributed by atoms with Gasteiger partial charge in [-0.25, -0.2) is 0 Å². The van der Waals surface area contributed by atoms with E-state index in [0.29, 0.717) is 12.1 Å². The van der Waals surface area contributed by atoms with Gasteiger partial charge in [0.25, 0.3) is 0 Å². The molecule has 1 aliphatic rings. The van der Waals surface area contributed by atoms with Crippen molar-refractivity contribution in [2.24, 2.45) is 0 Å². The molecule has 3 nitrogen and oxygen atoms in total. The van der Waals surface area contributed by atoms with Crippen LogP contribution in [-0.2, 0) is 4.74 Å². The summed E-state index contributed by atoms with van der Waals surface area (Å²) in [6.07, 6.45) is 5.98. The fourth-order valence-electron chi connectivity index (χ4n) is 2.47. The van der Waals surface area contributed by atoms with Crippen LogP contribution in [-0.4, -0.2) is 48.0 Å². The Balaban J connectivity index is 2.31. The zero-order valence-corrected chi connectivity index (χ0v) is 11.7. The van der Waals surface area contributed by atoms with E-state index in [1.54, 1.807) is 0 Å². The van der Waals surface area contributed by atoms with Crippen molar-refractivity contribution in [3.63, 3.8) is 0 Å². The molecule has 1 heterocycles. The van der Waals surface area contributed by atoms with Gasteiger partial charge in [0, 0.05) is 19.2 Å². The molecule has 0 radical (unpaired) electrons. The molecule has 102 valence electrons. The molecule has 1 saturated heterocycles. The number of hydrogen-bond donors (Lipinski definition) is 1. The molecule has 0 aliphatic carbocycles. The fourth-order valence-corrected chi connectivity index (χ4v) is 2.47. The molecular weight excluding hydrogens is 214 g/mol. The number of aliphatic hydroxyl groups excluding tert-OH is 1. The van der Waals surface area contributed by atoms with Crippen molar-refractivity contribution < 1.29 is 9.84 Å². The minimum absolute atomic E-state index is 0.165. The highest BCUT2D eigenvalue weighted by molar-refractivity contribution is 4.78. The molecular formula is C14H29NO2. The Labute approximate surface area is 106 Å². The highest BCUT2D eigenvalue weighted by atomic mass is 16.5. The Hall–Kier alpha value is -0.120. The first kappa shape index (κ1) is 14.9. The molecule has 2 atom stereocenters. The van der Waals surface area contributed by atoms with Gasteiger partial charge in [-0.1, -0.05) is 13.3 Å². The number of β-amino-alcohol motifs (C(OH)–C–C–N with tert-alkyl or cyclic N) is 1. The third kappa shape index (κ3) is 5.84. The van der Waals surface area contributed by atoms with E-state index >= 15 is 0 Å². The highest BCUT2D eigenvalue weighted by Crippen LogP contribution is 2.20. The zero-order chi connectivity index (χ0) is 12.7. The maximum Gasteiger partial charge on any atom is 0.0664 e. The quantitative estimate of drug-likeness (QED) is 0.745. The summed E-state index contributed by atoms with van der Waals surface area (Å²) in [5.41, 5.74) is 0. The van der Waals surface area contributed by atoms with Crippen molar-refractivity contribution in [2.45, 2.75) is 71.1 Å². The second-order valence-electron chi connectivity index (χ2n) is 5.41. The molecule has 1 aliphatic heterocycles. The van der Waals surface area contributed by atoms with Crippen LogP contribution < -0.4 is 0 Å². The smallest absolute Gasteiger partial charge is 0.0664 e. The Morgan fingerprint density at radius 2 is 2.12 bits per heavy atom. The summed E-state index contributed by atoms with van der Waals surface area (Å²) in [5.74, 6) is 0. The monoisotopic (exact) mass is 243 g/mol. The Bertz CT molecular complexity index is 197. The molecule has 0 unspecified atom stereocenters. The summed E-state index contributed by atoms with van der Waals surface area (Å²) in [5, 5.41) is 9.77. The van der Waals surface area contributed by atoms with Gasteiger partial charge in [0.15, 0.2) is 0 Å². The summed E-state index contributed by atoms with van der Waals surface area (Å²) >= 11 is 0. The summed E-state index contributed by atoms with van der Waals surface area (Å²) in [6.45, 7) is 9.04. The number of piperidine rings is 1. The number of aliphatic hydroxyl groups is 1. The van der Waals surface area contributed by atoms with Gasteiger partial charge in [-0.3, -0.25) is 4.90 Å². The highest BCUT2D eigenvalue weighted by Gasteiger charge is 2.23. The van der Waals surface area contributed by atoms with E-state index in [4.69, 9.17) is 4.74 Å². The Kier molecular flexibility index (Phi) is 7.09. The van der Waals surface area contributed by atoms with Crippen molar-refractivity contribution in [2.75, 3.05) is 19.7 Å². The van der Waals surface area contributed by atoms with Crippen molar-refractivity contribution >= 4 is 0 Å². The van der Waals surface area contributed by atoms with E-state index < -0.39 is 0 Å². The summed E-state index contributed by atoms with van der Waals surface area (Å²) in [6, 6.07) is 0.615. The van der Waals surface area contributed by atoms with Crippen molar-refractivity contribution in [3.05, 3.63) is 0 Å². The predicted octanol–water partition coefficient (Wildman–Crippen LogP) is 2.43. The molecule has 17 heavy (non-hydrogen) atoms. The minimum Gasteiger partial charge on any atom is -0.392 e. The molecule has 1 N–H and O–H groups in total. The topological polar surface area (TPSA) is 32.7 Å². The van der Waals surface area contributed by atoms with Crippen LogP contribution in [0.2, 0.25) is 0 Å². The van der Waals surface area contributed by atoms with Gasteiger partial charge in [-0.15, -0.1) is 0 Å². The third-order valence-electron chi connectivity index (χ3n) is 3.57. The molecule has 0 saturated carbocycles. The third-order valence-corrected chi connectivity index (χ3v) is 3.57. The number of rotatable bonds is 7. The molecule has 0 aromatic heterocycles. The van der Waals surface area contributed by atoms with Crippen molar-refractivity contribution in [1.82, 2.24) is 4.90 Å². The van der Waals surface area contributed by atoms with Gasteiger partial charge in [-0.2, -0.15) is 0 Å². The van der Waals surface area contributed by atoms with Crippen LogP contribution in [0.15, 0.2) is 0 Å². The first-order valence-electron chi connectivity index (χ1n) is 7.17. The number of hydrogen-bond acceptors (Lipinski definition) is 3. The maximum atomic E-state index is 9.77. The van der Waals surface area contributed by atoms with E-state index in [2.05, 4.69) is 18.7 Å². The summed E-state index contributed by atoms with van der Waals surface area (Å²) < 4.78 is 5.64. The maximum absolute atomic E-state index is 9.77. The summed E-state index contributed by atoms with van der Waals surface area (Å²) in [4.78, 5) is 2.46. The van der Waals surface area contributed by atoms with E-state index in [9.17, 15) is 5.11 Å². The lowest BCUT2D eigenvalue weighted by Gasteiger charge is -2.37. The fraction of sp³-hybridized carbons (Fsp3) is 1.00. The molecule has 1 rings (SSSR count). The Morgan fingerprint density at radius 3 is 2.76 bits per heavy atom. The molecule has 0 spiro atoms. The molecule has 1 fully saturated rings. The van der Waals surface area contributed by atoms with Gasteiger partial charge in [-0.05, 0) is 46.1 Å². The lowest BCUT2D eigenvalue weighted by Crippen LogP contribution is -2.44. The van der Waals surface area contributed by atoms with Crippen molar-refractivity contribution in [1.29, 1.82) is 0 Å². The second kappa shape index (κ2) is 8.06. The van der Waals surface area contributed by atoms with Gasteiger partial charge in [0.2, 0.25) is 0 Å². The standard InChI is InChI=1S/C14H29NO2/c1-4-14(16)11-15-9-6-5-7-13(15)8-10-17-12(2)3/h12-14,16H,4-11H2,1-3H3/t13-,14+/m0/s1. The molecule has 0 aromatic rings. The van der Waals surface area contributed by atoms with Crippen LogP contribution in [0.1, 0.15) is 52.9 Å². The minimum atomic E-state index is -0.165. The van der Waals surface area contributed by atoms with Crippen LogP contribution in [0, 0.1) is 0 Å². The zero-order valence-electron chi connectivity index (χ0n) is 11.7. The Morgan fingerprint density at radius 1 is 1.35 bits per heavy atom. The SMILES string of the molecule is CC[C@@H](O)CN1CCCC[C@H]1CCOC(C)C. The van der Waals surface area contributed by atoms with E-state index in [1.165, 1.54) is 19.3 Å². The first-order valence-corrected chi connectivity index (χ1v) is 7.17. The van der Waals surface area contributed by atoms with Crippen LogP contribution in [0.4, 0.5) is 0 Å². The summed E-state index contributed by atoms with van der Waals surface area (Å²) in [7, 11) is 0. The van der Waals surface area contributed by atoms with Crippen molar-refractivity contribution in [3.8, 4) is 0 Å². The van der Waals surface area contributed by atoms with Gasteiger partial charge >= 0.3 is 0 Å². The average molecular weight is 243 g/mol. The molecule has 0 amide bonds. The molecule has 3 heteroatoms. The number of ether oxygens (including phenoxy) is 1. The van der Waals surface area contributed by atoms with Crippen LogP contribution in [0.5, 0.6) is 0 Å². The van der Waals surface area contributed by atoms with Gasteiger partial charge < -0.3 is 9.84 Å². The number of likely N-dealkylation sites (tertiary alicyclic amines) is 1. The van der Waals surface area contributed by atoms with E-state index in [0.717, 1.165) is 32.5 Å². The largest absolute Gasteiger partial charge is 0.392 e. The lowest BCUT2D eigenvalue weighted by atomic mass is 9.99. The molecule has 0 bridgehead atoms. The van der Waals surface area contributed by atoms with Gasteiger partial charge in [0.1, 0.15) is 0 Å². The molecule has 0 aromatic carbocycles. The number of nitrogens with zero attached hydrogens (tertiary/aromatic N) is 1. The van der Waals surface area contributed by atoms with E-state index in [1.807, 2.05) is 6.92 Å². The van der Waals surface area contributed by atoms with Gasteiger partial charge in [0.05, 0.1) is 12.2 Å². The van der Waals surface area contributed by atoms with Crippen LogP contribution in [0.3, 0.4) is 0 Å². The van der Waals surface area contributed by atoms with Crippen LogP contribution >= 0.6 is 0 Å². The first-order chi connectivity index (χ1) is 8.13. The van der Waals surface area contributed by atoms with E-state index in [-0.39, 0.29) is 6.10 Å². The lowest BCUT2D eigenvalue weighted by molar-refractivity contribution is 0.0286. The average Bonchev–Trinajstić information content (AvgIpc) is 2.30.